The monoisotopic (exact) mass is 245 g/mol. The first kappa shape index (κ1) is 12.1. The topological polar surface area (TPSA) is 71.8 Å². The molecular formula is C12H15N5O. The fraction of sp³-hybridized carbons (Fsp3) is 0.250. The molecule has 0 saturated carbocycles. The quantitative estimate of drug-likeness (QED) is 0.858. The van der Waals surface area contributed by atoms with Crippen molar-refractivity contribution in [1.29, 1.82) is 0 Å². The number of anilines is 2. The Balaban J connectivity index is 2.11. The van der Waals surface area contributed by atoms with Gasteiger partial charge in [0, 0.05) is 31.7 Å². The average molecular weight is 245 g/mol. The highest BCUT2D eigenvalue weighted by atomic mass is 16.1. The molecule has 94 valence electrons. The number of carbonyl (C=O) groups is 1. The van der Waals surface area contributed by atoms with Gasteiger partial charge >= 0.3 is 0 Å². The molecule has 2 rings (SSSR count). The maximum atomic E-state index is 11.9. The van der Waals surface area contributed by atoms with Gasteiger partial charge in [-0.15, -0.1) is 0 Å². The fourth-order valence-corrected chi connectivity index (χ4v) is 1.51. The Morgan fingerprint density at radius 2 is 2.28 bits per heavy atom. The minimum atomic E-state index is -0.247. The molecule has 2 N–H and O–H groups in total. The average Bonchev–Trinajstić information content (AvgIpc) is 2.86. The van der Waals surface area contributed by atoms with Crippen molar-refractivity contribution in [1.82, 2.24) is 14.8 Å². The third-order valence-corrected chi connectivity index (χ3v) is 2.50. The second-order valence-corrected chi connectivity index (χ2v) is 3.72. The second-order valence-electron chi connectivity index (χ2n) is 3.72. The molecule has 0 atom stereocenters. The van der Waals surface area contributed by atoms with E-state index in [-0.39, 0.29) is 5.91 Å². The lowest BCUT2D eigenvalue weighted by Crippen LogP contribution is -2.13. The highest BCUT2D eigenvalue weighted by Gasteiger charge is 2.09. The van der Waals surface area contributed by atoms with E-state index < -0.39 is 0 Å². The van der Waals surface area contributed by atoms with Gasteiger partial charge in [0.05, 0.1) is 11.9 Å². The van der Waals surface area contributed by atoms with Crippen molar-refractivity contribution < 1.29 is 4.79 Å². The second kappa shape index (κ2) is 5.31. The van der Waals surface area contributed by atoms with Crippen molar-refractivity contribution >= 4 is 17.3 Å². The highest BCUT2D eigenvalue weighted by Crippen LogP contribution is 2.10. The SMILES string of the molecule is CCn1cc(NC(=O)c2cc(NC)ccn2)cn1. The lowest BCUT2D eigenvalue weighted by Gasteiger charge is -2.04. The van der Waals surface area contributed by atoms with Gasteiger partial charge in [-0.2, -0.15) is 5.10 Å². The van der Waals surface area contributed by atoms with E-state index in [1.807, 2.05) is 6.92 Å². The van der Waals surface area contributed by atoms with E-state index in [2.05, 4.69) is 20.7 Å². The number of carbonyl (C=O) groups excluding carboxylic acids is 1. The van der Waals surface area contributed by atoms with Gasteiger partial charge in [0.25, 0.3) is 5.91 Å². The lowest BCUT2D eigenvalue weighted by molar-refractivity contribution is 0.102. The third-order valence-electron chi connectivity index (χ3n) is 2.50. The van der Waals surface area contributed by atoms with Gasteiger partial charge in [-0.3, -0.25) is 14.5 Å². The van der Waals surface area contributed by atoms with Crippen LogP contribution in [0.5, 0.6) is 0 Å². The van der Waals surface area contributed by atoms with Gasteiger partial charge in [-0.25, -0.2) is 0 Å². The molecule has 2 heterocycles. The molecule has 0 bridgehead atoms. The Morgan fingerprint density at radius 3 is 2.94 bits per heavy atom. The summed E-state index contributed by atoms with van der Waals surface area (Å²) in [5.41, 5.74) is 1.88. The summed E-state index contributed by atoms with van der Waals surface area (Å²) in [5, 5.41) is 9.80. The van der Waals surface area contributed by atoms with Crippen molar-refractivity contribution in [2.75, 3.05) is 17.7 Å². The molecule has 0 radical (unpaired) electrons. The lowest BCUT2D eigenvalue weighted by atomic mass is 10.3. The summed E-state index contributed by atoms with van der Waals surface area (Å²) in [5.74, 6) is -0.247. The number of nitrogens with zero attached hydrogens (tertiary/aromatic N) is 3. The molecule has 6 nitrogen and oxygen atoms in total. The van der Waals surface area contributed by atoms with Crippen molar-refractivity contribution in [3.63, 3.8) is 0 Å². The largest absolute Gasteiger partial charge is 0.388 e. The Bertz CT molecular complexity index is 549. The van der Waals surface area contributed by atoms with E-state index in [1.54, 1.807) is 42.5 Å². The van der Waals surface area contributed by atoms with Crippen LogP contribution in [-0.4, -0.2) is 27.7 Å². The zero-order chi connectivity index (χ0) is 13.0. The van der Waals surface area contributed by atoms with Crippen LogP contribution in [0.25, 0.3) is 0 Å². The highest BCUT2D eigenvalue weighted by molar-refractivity contribution is 6.03. The van der Waals surface area contributed by atoms with Crippen LogP contribution < -0.4 is 10.6 Å². The number of rotatable bonds is 4. The van der Waals surface area contributed by atoms with E-state index in [9.17, 15) is 4.79 Å². The number of nitrogens with one attached hydrogen (secondary N) is 2. The van der Waals surface area contributed by atoms with Crippen LogP contribution in [0.3, 0.4) is 0 Å². The zero-order valence-corrected chi connectivity index (χ0v) is 10.3. The molecule has 6 heteroatoms. The number of amides is 1. The molecular weight excluding hydrogens is 230 g/mol. The molecule has 2 aromatic heterocycles. The summed E-state index contributed by atoms with van der Waals surface area (Å²) in [7, 11) is 1.79. The van der Waals surface area contributed by atoms with Crippen molar-refractivity contribution in [2.24, 2.45) is 0 Å². The first-order chi connectivity index (χ1) is 8.72. The smallest absolute Gasteiger partial charge is 0.274 e. The van der Waals surface area contributed by atoms with Crippen LogP contribution in [0.15, 0.2) is 30.7 Å². The summed E-state index contributed by atoms with van der Waals surface area (Å²) in [6.07, 6.45) is 4.99. The molecule has 18 heavy (non-hydrogen) atoms. The maximum Gasteiger partial charge on any atom is 0.274 e. The fourth-order valence-electron chi connectivity index (χ4n) is 1.51. The molecule has 0 fully saturated rings. The van der Waals surface area contributed by atoms with Gasteiger partial charge in [0.2, 0.25) is 0 Å². The van der Waals surface area contributed by atoms with Crippen LogP contribution in [0.1, 0.15) is 17.4 Å². The maximum absolute atomic E-state index is 11.9. The summed E-state index contributed by atoms with van der Waals surface area (Å²) in [4.78, 5) is 16.0. The Morgan fingerprint density at radius 1 is 1.44 bits per heavy atom. The molecule has 0 aliphatic carbocycles. The third kappa shape index (κ3) is 2.65. The molecule has 0 unspecified atom stereocenters. The minimum absolute atomic E-state index is 0.247. The number of pyridine rings is 1. The van der Waals surface area contributed by atoms with Crippen molar-refractivity contribution in [3.05, 3.63) is 36.4 Å². The van der Waals surface area contributed by atoms with Gasteiger partial charge in [0.15, 0.2) is 0 Å². The molecule has 1 amide bonds. The van der Waals surface area contributed by atoms with Crippen LogP contribution >= 0.6 is 0 Å². The summed E-state index contributed by atoms with van der Waals surface area (Å²) < 4.78 is 1.74. The Kier molecular flexibility index (Phi) is 3.57. The molecule has 0 aliphatic heterocycles. The minimum Gasteiger partial charge on any atom is -0.388 e. The summed E-state index contributed by atoms with van der Waals surface area (Å²) >= 11 is 0. The Hall–Kier alpha value is -2.37. The Labute approximate surface area is 105 Å². The van der Waals surface area contributed by atoms with Gasteiger partial charge in [-0.05, 0) is 19.1 Å². The van der Waals surface area contributed by atoms with Crippen LogP contribution in [-0.2, 0) is 6.54 Å². The van der Waals surface area contributed by atoms with E-state index >= 15 is 0 Å². The first-order valence-corrected chi connectivity index (χ1v) is 5.70. The predicted octanol–water partition coefficient (Wildman–Crippen LogP) is 1.59. The van der Waals surface area contributed by atoms with E-state index in [4.69, 9.17) is 0 Å². The van der Waals surface area contributed by atoms with E-state index in [1.165, 1.54) is 0 Å². The molecule has 0 spiro atoms. The number of hydrogen-bond donors (Lipinski definition) is 2. The first-order valence-electron chi connectivity index (χ1n) is 5.70. The van der Waals surface area contributed by atoms with E-state index in [0.717, 1.165) is 12.2 Å². The number of aryl methyl sites for hydroxylation is 1. The standard InChI is InChI=1S/C12H15N5O/c1-3-17-8-10(7-15-17)16-12(18)11-6-9(13-2)4-5-14-11/h4-8H,3H2,1-2H3,(H,13,14)(H,16,18). The predicted molar refractivity (Wildman–Crippen MR) is 69.6 cm³/mol. The van der Waals surface area contributed by atoms with Crippen LogP contribution in [0.4, 0.5) is 11.4 Å². The zero-order valence-electron chi connectivity index (χ0n) is 10.3. The van der Waals surface area contributed by atoms with Crippen LogP contribution in [0.2, 0.25) is 0 Å². The van der Waals surface area contributed by atoms with Gasteiger partial charge in [0.1, 0.15) is 5.69 Å². The molecule has 0 aliphatic rings. The van der Waals surface area contributed by atoms with Gasteiger partial charge in [-0.1, -0.05) is 0 Å². The number of aromatic nitrogens is 3. The summed E-state index contributed by atoms with van der Waals surface area (Å²) in [6.45, 7) is 2.75. The van der Waals surface area contributed by atoms with Crippen molar-refractivity contribution in [3.8, 4) is 0 Å². The van der Waals surface area contributed by atoms with E-state index in [0.29, 0.717) is 11.4 Å². The van der Waals surface area contributed by atoms with Gasteiger partial charge < -0.3 is 10.6 Å². The molecule has 0 saturated heterocycles. The number of hydrogen-bond acceptors (Lipinski definition) is 4. The molecule has 2 aromatic rings. The van der Waals surface area contributed by atoms with Crippen LogP contribution in [0, 0.1) is 0 Å². The summed E-state index contributed by atoms with van der Waals surface area (Å²) in [6, 6.07) is 3.49. The molecule has 0 aromatic carbocycles. The normalized spacial score (nSPS) is 10.1. The van der Waals surface area contributed by atoms with Crippen molar-refractivity contribution in [2.45, 2.75) is 13.5 Å².